The molecule has 7 nitrogen and oxygen atoms in total. The Balaban J connectivity index is 1.60. The molecule has 0 atom stereocenters. The van der Waals surface area contributed by atoms with Crippen LogP contribution in [0.4, 0.5) is 0 Å². The summed E-state index contributed by atoms with van der Waals surface area (Å²) in [7, 11) is -3.99. The molecule has 0 radical (unpaired) electrons. The molecular formula is C25H31N5O2S. The predicted molar refractivity (Wildman–Crippen MR) is 130 cm³/mol. The van der Waals surface area contributed by atoms with Gasteiger partial charge in [0.2, 0.25) is 10.0 Å². The third-order valence-electron chi connectivity index (χ3n) is 7.21. The van der Waals surface area contributed by atoms with Crippen molar-refractivity contribution in [2.45, 2.75) is 55.8 Å². The predicted octanol–water partition coefficient (Wildman–Crippen LogP) is 4.37. The number of nitrogens with two attached hydrogens (primary N) is 1. The number of azo groups is 1. The van der Waals surface area contributed by atoms with E-state index < -0.39 is 10.0 Å². The maximum Gasteiger partial charge on any atom is 0.239 e. The van der Waals surface area contributed by atoms with E-state index >= 15 is 0 Å². The van der Waals surface area contributed by atoms with Gasteiger partial charge in [-0.1, -0.05) is 62.1 Å². The fourth-order valence-electron chi connectivity index (χ4n) is 5.55. The Morgan fingerprint density at radius 1 is 0.970 bits per heavy atom. The van der Waals surface area contributed by atoms with E-state index in [0.717, 1.165) is 55.5 Å². The highest BCUT2D eigenvalue weighted by atomic mass is 32.2. The van der Waals surface area contributed by atoms with Crippen LogP contribution in [0, 0.1) is 5.92 Å². The molecule has 0 aromatic heterocycles. The van der Waals surface area contributed by atoms with Crippen LogP contribution in [0.1, 0.15) is 61.1 Å². The van der Waals surface area contributed by atoms with E-state index in [4.69, 9.17) is 5.14 Å². The van der Waals surface area contributed by atoms with E-state index in [1.54, 1.807) is 0 Å². The molecule has 0 amide bonds. The highest BCUT2D eigenvalue weighted by Crippen LogP contribution is 2.37. The van der Waals surface area contributed by atoms with E-state index in [1.807, 2.05) is 12.1 Å². The summed E-state index contributed by atoms with van der Waals surface area (Å²) in [5, 5.41) is 17.4. The van der Waals surface area contributed by atoms with Crippen molar-refractivity contribution in [1.82, 2.24) is 5.32 Å². The summed E-state index contributed by atoms with van der Waals surface area (Å²) in [5.41, 5.74) is 4.29. The summed E-state index contributed by atoms with van der Waals surface area (Å²) in [4.78, 5) is 4.55. The Morgan fingerprint density at radius 2 is 1.70 bits per heavy atom. The van der Waals surface area contributed by atoms with Crippen molar-refractivity contribution in [2.24, 2.45) is 26.3 Å². The molecule has 0 bridgehead atoms. The highest BCUT2D eigenvalue weighted by molar-refractivity contribution is 7.89. The molecule has 1 saturated carbocycles. The summed E-state index contributed by atoms with van der Waals surface area (Å²) in [6, 6.07) is 12.4. The number of rotatable bonds is 6. The van der Waals surface area contributed by atoms with Gasteiger partial charge in [0.15, 0.2) is 12.5 Å². The molecule has 2 aliphatic heterocycles. The van der Waals surface area contributed by atoms with Gasteiger partial charge >= 0.3 is 0 Å². The lowest BCUT2D eigenvalue weighted by Crippen LogP contribution is -2.26. The number of nitrogens with zero attached hydrogens (tertiary/aromatic N) is 3. The fourth-order valence-corrected chi connectivity index (χ4v) is 6.55. The monoisotopic (exact) mass is 465 g/mol. The largest absolute Gasteiger partial charge is 0.317 e. The Morgan fingerprint density at radius 3 is 2.33 bits per heavy atom. The molecule has 2 heterocycles. The number of hydrogen-bond donors (Lipinski definition) is 2. The van der Waals surface area contributed by atoms with Crippen LogP contribution in [0.3, 0.4) is 0 Å². The smallest absolute Gasteiger partial charge is 0.239 e. The van der Waals surface area contributed by atoms with Crippen LogP contribution in [0.25, 0.3) is 11.1 Å². The molecule has 3 aliphatic rings. The Kier molecular flexibility index (Phi) is 6.40. The first kappa shape index (κ1) is 22.4. The van der Waals surface area contributed by atoms with E-state index in [2.05, 4.69) is 44.8 Å². The quantitative estimate of drug-likeness (QED) is 0.661. The fraction of sp³-hybridized carbons (Fsp3) is 0.480. The Bertz CT molecular complexity index is 1180. The average Bonchev–Trinajstić information content (AvgIpc) is 3.53. The average molecular weight is 466 g/mol. The molecule has 2 aromatic carbocycles. The second kappa shape index (κ2) is 9.44. The zero-order valence-electron chi connectivity index (χ0n) is 18.8. The van der Waals surface area contributed by atoms with E-state index in [0.29, 0.717) is 29.7 Å². The molecule has 8 heteroatoms. The van der Waals surface area contributed by atoms with Crippen LogP contribution < -0.4 is 10.5 Å². The number of amidine groups is 1. The van der Waals surface area contributed by atoms with Gasteiger partial charge in [0, 0.05) is 5.56 Å². The van der Waals surface area contributed by atoms with Crippen molar-refractivity contribution >= 4 is 15.9 Å². The molecule has 33 heavy (non-hydrogen) atoms. The molecule has 0 spiro atoms. The van der Waals surface area contributed by atoms with Gasteiger partial charge in [0.1, 0.15) is 0 Å². The number of sulfonamides is 1. The number of piperidine rings is 1. The Labute approximate surface area is 195 Å². The van der Waals surface area contributed by atoms with Gasteiger partial charge in [0.25, 0.3) is 0 Å². The van der Waals surface area contributed by atoms with Crippen molar-refractivity contribution in [2.75, 3.05) is 19.8 Å². The Hall–Kier alpha value is -2.42. The summed E-state index contributed by atoms with van der Waals surface area (Å²) in [6.45, 7) is 2.30. The van der Waals surface area contributed by atoms with Gasteiger partial charge in [-0.15, -0.1) is 5.11 Å². The first-order valence-corrected chi connectivity index (χ1v) is 13.5. The van der Waals surface area contributed by atoms with Crippen LogP contribution >= 0.6 is 0 Å². The first-order chi connectivity index (χ1) is 16.0. The minimum Gasteiger partial charge on any atom is -0.317 e. The van der Waals surface area contributed by atoms with E-state index in [-0.39, 0.29) is 11.6 Å². The maximum absolute atomic E-state index is 12.9. The van der Waals surface area contributed by atoms with Crippen molar-refractivity contribution in [3.05, 3.63) is 53.1 Å². The molecule has 2 fully saturated rings. The molecule has 1 saturated heterocycles. The summed E-state index contributed by atoms with van der Waals surface area (Å²) in [5.74, 6) is 1.40. The SMILES string of the molecule is NS(=O)(=O)c1c(CC2CCCC2)ccc(-c2ccc(C3CCNCC3)cc2)c1C1=NCN=N1. The highest BCUT2D eigenvalue weighted by Gasteiger charge is 2.29. The number of primary sulfonamides is 1. The minimum atomic E-state index is -3.99. The van der Waals surface area contributed by atoms with Gasteiger partial charge in [-0.2, -0.15) is 5.11 Å². The van der Waals surface area contributed by atoms with Crippen LogP contribution in [0.2, 0.25) is 0 Å². The molecule has 3 N–H and O–H groups in total. The maximum atomic E-state index is 12.9. The molecule has 1 aliphatic carbocycles. The normalized spacial score (nSPS) is 19.8. The number of nitrogens with one attached hydrogen (secondary N) is 1. The van der Waals surface area contributed by atoms with Gasteiger partial charge in [-0.25, -0.2) is 18.5 Å². The number of benzene rings is 2. The second-order valence-electron chi connectivity index (χ2n) is 9.39. The number of aliphatic imine (C=N–C) groups is 1. The van der Waals surface area contributed by atoms with Crippen LogP contribution in [0.15, 0.2) is 56.5 Å². The molecule has 2 aromatic rings. The third-order valence-corrected chi connectivity index (χ3v) is 8.25. The van der Waals surface area contributed by atoms with E-state index in [9.17, 15) is 8.42 Å². The van der Waals surface area contributed by atoms with Crippen molar-refractivity contribution in [3.63, 3.8) is 0 Å². The standard InChI is InChI=1S/C25H31N5O2S/c26-33(31,32)24-21(15-17-3-1-2-4-17)9-10-22(23(24)25-28-16-29-30-25)20-7-5-18(6-8-20)19-11-13-27-14-12-19/h5-10,17,19,27H,1-4,11-16H2,(H2,26,31,32). The molecule has 5 rings (SSSR count). The lowest BCUT2D eigenvalue weighted by atomic mass is 9.88. The second-order valence-corrected chi connectivity index (χ2v) is 10.9. The van der Waals surface area contributed by atoms with Crippen LogP contribution in [0.5, 0.6) is 0 Å². The van der Waals surface area contributed by atoms with Crippen molar-refractivity contribution in [3.8, 4) is 11.1 Å². The molecular weight excluding hydrogens is 434 g/mol. The first-order valence-electron chi connectivity index (χ1n) is 11.9. The minimum absolute atomic E-state index is 0.161. The lowest BCUT2D eigenvalue weighted by Gasteiger charge is -2.23. The summed E-state index contributed by atoms with van der Waals surface area (Å²) >= 11 is 0. The lowest BCUT2D eigenvalue weighted by molar-refractivity contribution is 0.460. The molecule has 0 unspecified atom stereocenters. The zero-order chi connectivity index (χ0) is 22.8. The van der Waals surface area contributed by atoms with Crippen LogP contribution in [-0.2, 0) is 16.4 Å². The zero-order valence-corrected chi connectivity index (χ0v) is 19.7. The third kappa shape index (κ3) is 4.78. The van der Waals surface area contributed by atoms with Gasteiger partial charge < -0.3 is 5.32 Å². The van der Waals surface area contributed by atoms with Gasteiger partial charge in [0.05, 0.1) is 4.90 Å². The topological polar surface area (TPSA) is 109 Å². The molecule has 174 valence electrons. The summed E-state index contributed by atoms with van der Waals surface area (Å²) < 4.78 is 25.8. The van der Waals surface area contributed by atoms with Crippen LogP contribution in [-0.4, -0.2) is 34.0 Å². The van der Waals surface area contributed by atoms with Gasteiger partial charge in [-0.05, 0) is 66.4 Å². The van der Waals surface area contributed by atoms with Crippen molar-refractivity contribution < 1.29 is 8.42 Å². The van der Waals surface area contributed by atoms with E-state index in [1.165, 1.54) is 18.4 Å². The number of hydrogen-bond acceptors (Lipinski definition) is 6. The summed E-state index contributed by atoms with van der Waals surface area (Å²) in [6.07, 6.45) is 7.62. The van der Waals surface area contributed by atoms with Crippen molar-refractivity contribution in [1.29, 1.82) is 0 Å². The van der Waals surface area contributed by atoms with Gasteiger partial charge in [-0.3, -0.25) is 0 Å².